The molecule has 35 heavy (non-hydrogen) atoms. The molecule has 2 aromatic carbocycles. The molecule has 0 aliphatic carbocycles. The molecule has 0 unspecified atom stereocenters. The van der Waals surface area contributed by atoms with E-state index in [0.29, 0.717) is 0 Å². The molecule has 0 atom stereocenters. The second-order valence-corrected chi connectivity index (χ2v) is 9.54. The lowest BCUT2D eigenvalue weighted by molar-refractivity contribution is 0.245. The largest absolute Gasteiger partial charge is 0.496 e. The first-order valence-corrected chi connectivity index (χ1v) is 13.5. The number of methoxy groups -OCH3 is 1. The third-order valence-corrected chi connectivity index (χ3v) is 6.97. The fraction of sp³-hybridized carbons (Fsp3) is 0.469. The maximum absolute atomic E-state index is 5.98. The highest BCUT2D eigenvalue weighted by Crippen LogP contribution is 2.33. The van der Waals surface area contributed by atoms with Crippen molar-refractivity contribution in [2.45, 2.75) is 85.7 Å². The molecule has 0 spiro atoms. The highest BCUT2D eigenvalue weighted by molar-refractivity contribution is 5.70. The van der Waals surface area contributed by atoms with Gasteiger partial charge in [0.2, 0.25) is 0 Å². The van der Waals surface area contributed by atoms with Gasteiger partial charge in [-0.2, -0.15) is 0 Å². The molecule has 1 aromatic heterocycles. The Bertz CT molecular complexity index is 1020. The monoisotopic (exact) mass is 472 g/mol. The van der Waals surface area contributed by atoms with Crippen molar-refractivity contribution in [2.75, 3.05) is 13.7 Å². The lowest BCUT2D eigenvalue weighted by atomic mass is 9.94. The Morgan fingerprint density at radius 3 is 2.11 bits per heavy atom. The maximum atomic E-state index is 5.98. The minimum atomic E-state index is 0.848. The first-order valence-electron chi connectivity index (χ1n) is 13.5. The highest BCUT2D eigenvalue weighted by atomic mass is 16.5. The zero-order valence-corrected chi connectivity index (χ0v) is 22.6. The van der Waals surface area contributed by atoms with Crippen LogP contribution >= 0.6 is 0 Å². The van der Waals surface area contributed by atoms with Gasteiger partial charge in [0.15, 0.2) is 0 Å². The van der Waals surface area contributed by atoms with Gasteiger partial charge in [0.05, 0.1) is 12.8 Å². The molecule has 0 radical (unpaired) electrons. The maximum Gasteiger partial charge on any atom is 0.127 e. The fourth-order valence-electron chi connectivity index (χ4n) is 4.96. The summed E-state index contributed by atoms with van der Waals surface area (Å²) in [7, 11) is 1.79. The predicted octanol–water partition coefficient (Wildman–Crippen LogP) is 8.16. The van der Waals surface area contributed by atoms with Crippen molar-refractivity contribution in [1.82, 2.24) is 9.88 Å². The summed E-state index contributed by atoms with van der Waals surface area (Å²) in [5.74, 6) is 0.949. The van der Waals surface area contributed by atoms with Crippen LogP contribution in [-0.4, -0.2) is 23.5 Å². The summed E-state index contributed by atoms with van der Waals surface area (Å²) in [4.78, 5) is 7.70. The number of rotatable bonds is 14. The van der Waals surface area contributed by atoms with Crippen LogP contribution in [0.3, 0.4) is 0 Å². The molecule has 0 fully saturated rings. The quantitative estimate of drug-likeness (QED) is 0.221. The van der Waals surface area contributed by atoms with Crippen molar-refractivity contribution in [3.63, 3.8) is 0 Å². The number of pyridine rings is 1. The van der Waals surface area contributed by atoms with Gasteiger partial charge in [-0.05, 0) is 49.4 Å². The molecule has 188 valence electrons. The Morgan fingerprint density at radius 1 is 0.800 bits per heavy atom. The molecule has 1 heterocycles. The molecule has 3 nitrogen and oxygen atoms in total. The average molecular weight is 473 g/mol. The van der Waals surface area contributed by atoms with Gasteiger partial charge < -0.3 is 4.74 Å². The van der Waals surface area contributed by atoms with Gasteiger partial charge in [-0.15, -0.1) is 0 Å². The van der Waals surface area contributed by atoms with Crippen LogP contribution in [0.25, 0.3) is 11.3 Å². The molecule has 3 heteroatoms. The Morgan fingerprint density at radius 2 is 1.49 bits per heavy atom. The van der Waals surface area contributed by atoms with Crippen molar-refractivity contribution >= 4 is 0 Å². The Balaban J connectivity index is 1.90. The van der Waals surface area contributed by atoms with Crippen molar-refractivity contribution < 1.29 is 4.74 Å². The van der Waals surface area contributed by atoms with E-state index in [9.17, 15) is 0 Å². The zero-order chi connectivity index (χ0) is 25.0. The second kappa shape index (κ2) is 14.0. The number of hydrogen-bond donors (Lipinski definition) is 0. The zero-order valence-electron chi connectivity index (χ0n) is 22.6. The molecule has 0 saturated carbocycles. The predicted molar refractivity (Wildman–Crippen MR) is 149 cm³/mol. The van der Waals surface area contributed by atoms with Gasteiger partial charge >= 0.3 is 0 Å². The van der Waals surface area contributed by atoms with Crippen molar-refractivity contribution in [3.05, 3.63) is 82.5 Å². The molecule has 0 aliphatic heterocycles. The molecular formula is C32H44N2O. The van der Waals surface area contributed by atoms with E-state index in [0.717, 1.165) is 49.6 Å². The molecular weight excluding hydrogens is 428 g/mol. The van der Waals surface area contributed by atoms with E-state index in [-0.39, 0.29) is 0 Å². The van der Waals surface area contributed by atoms with Crippen LogP contribution in [0.2, 0.25) is 0 Å². The topological polar surface area (TPSA) is 25.4 Å². The standard InChI is InChI=1S/C32H44N2O/c1-6-9-10-11-15-21-34(23-26-17-13-12-14-18-26)24-29-25(4)33-30(22-31(29)35-5)32-27(7-2)19-16-20-28(32)8-3/h12-14,16-20,22H,6-11,15,21,23-24H2,1-5H3. The van der Waals surface area contributed by atoms with Crippen LogP contribution < -0.4 is 4.74 Å². The van der Waals surface area contributed by atoms with Gasteiger partial charge in [0.1, 0.15) is 5.75 Å². The summed E-state index contributed by atoms with van der Waals surface area (Å²) >= 11 is 0. The van der Waals surface area contributed by atoms with E-state index in [1.54, 1.807) is 7.11 Å². The van der Waals surface area contributed by atoms with Crippen molar-refractivity contribution in [1.29, 1.82) is 0 Å². The molecule has 3 aromatic rings. The molecule has 3 rings (SSSR count). The molecule has 0 N–H and O–H groups in total. The first kappa shape index (κ1) is 26.9. The molecule has 0 aliphatic rings. The van der Waals surface area contributed by atoms with Gasteiger partial charge in [-0.1, -0.05) is 95.0 Å². The summed E-state index contributed by atoms with van der Waals surface area (Å²) < 4.78 is 5.98. The Kier molecular flexibility index (Phi) is 10.8. The van der Waals surface area contributed by atoms with Gasteiger partial charge in [0, 0.05) is 36.0 Å². The number of nitrogens with zero attached hydrogens (tertiary/aromatic N) is 2. The fourth-order valence-corrected chi connectivity index (χ4v) is 4.96. The van der Waals surface area contributed by atoms with E-state index in [4.69, 9.17) is 9.72 Å². The summed E-state index contributed by atoms with van der Waals surface area (Å²) in [6.07, 6.45) is 8.45. The lowest BCUT2D eigenvalue weighted by Gasteiger charge is -2.25. The normalized spacial score (nSPS) is 11.3. The van der Waals surface area contributed by atoms with Gasteiger partial charge in [-0.25, -0.2) is 0 Å². The molecule has 0 saturated heterocycles. The average Bonchev–Trinajstić information content (AvgIpc) is 2.89. The van der Waals surface area contributed by atoms with Gasteiger partial charge in [0.25, 0.3) is 0 Å². The number of hydrogen-bond acceptors (Lipinski definition) is 3. The SMILES string of the molecule is CCCCCCCN(Cc1ccccc1)Cc1c(OC)cc(-c2c(CC)cccc2CC)nc1C. The number of benzene rings is 2. The van der Waals surface area contributed by atoms with Crippen LogP contribution in [0.5, 0.6) is 5.75 Å². The van der Waals surface area contributed by atoms with Crippen molar-refractivity contribution in [3.8, 4) is 17.0 Å². The van der Waals surface area contributed by atoms with Crippen LogP contribution in [0.15, 0.2) is 54.6 Å². The van der Waals surface area contributed by atoms with E-state index < -0.39 is 0 Å². The van der Waals surface area contributed by atoms with E-state index in [1.165, 1.54) is 59.9 Å². The lowest BCUT2D eigenvalue weighted by Crippen LogP contribution is -2.25. The summed E-state index contributed by atoms with van der Waals surface area (Å²) in [6, 6.07) is 19.6. The van der Waals surface area contributed by atoms with E-state index in [1.807, 2.05) is 0 Å². The van der Waals surface area contributed by atoms with Crippen LogP contribution in [0, 0.1) is 6.92 Å². The highest BCUT2D eigenvalue weighted by Gasteiger charge is 2.18. The summed E-state index contributed by atoms with van der Waals surface area (Å²) in [5, 5.41) is 0. The Hall–Kier alpha value is -2.65. The van der Waals surface area contributed by atoms with E-state index >= 15 is 0 Å². The van der Waals surface area contributed by atoms with Crippen LogP contribution in [0.1, 0.15) is 80.8 Å². The van der Waals surface area contributed by atoms with Gasteiger partial charge in [-0.3, -0.25) is 9.88 Å². The number of aryl methyl sites for hydroxylation is 3. The number of ether oxygens (including phenoxy) is 1. The number of aromatic nitrogens is 1. The molecule has 0 amide bonds. The van der Waals surface area contributed by atoms with Crippen LogP contribution in [-0.2, 0) is 25.9 Å². The third kappa shape index (κ3) is 7.41. The Labute approximate surface area is 213 Å². The van der Waals surface area contributed by atoms with Crippen LogP contribution in [0.4, 0.5) is 0 Å². The van der Waals surface area contributed by atoms with E-state index in [2.05, 4.69) is 87.2 Å². The summed E-state index contributed by atoms with van der Waals surface area (Å²) in [6.45, 7) is 11.7. The first-order chi connectivity index (χ1) is 17.1. The minimum absolute atomic E-state index is 0.848. The summed E-state index contributed by atoms with van der Waals surface area (Å²) in [5.41, 5.74) is 8.64. The molecule has 0 bridgehead atoms. The third-order valence-electron chi connectivity index (χ3n) is 6.97. The number of unbranched alkanes of at least 4 members (excludes halogenated alkanes) is 4. The van der Waals surface area contributed by atoms with Crippen molar-refractivity contribution in [2.24, 2.45) is 0 Å². The second-order valence-electron chi connectivity index (χ2n) is 9.54. The smallest absolute Gasteiger partial charge is 0.127 e. The minimum Gasteiger partial charge on any atom is -0.496 e.